The fraction of sp³-hybridized carbons (Fsp3) is 0.591. The van der Waals surface area contributed by atoms with Crippen molar-refractivity contribution in [1.29, 1.82) is 0 Å². The normalized spacial score (nSPS) is 19.0. The van der Waals surface area contributed by atoms with Crippen molar-refractivity contribution in [3.63, 3.8) is 0 Å². The number of imide groups is 1. The molecule has 1 aromatic carbocycles. The maximum absolute atomic E-state index is 13.8. The van der Waals surface area contributed by atoms with Crippen LogP contribution in [-0.4, -0.2) is 64.3 Å². The van der Waals surface area contributed by atoms with Crippen LogP contribution < -0.4 is 0 Å². The highest BCUT2D eigenvalue weighted by atomic mass is 19.1. The molecule has 4 amide bonds. The van der Waals surface area contributed by atoms with E-state index in [2.05, 4.69) is 0 Å². The first-order valence-electron chi connectivity index (χ1n) is 10.4. The van der Waals surface area contributed by atoms with Crippen LogP contribution in [0.3, 0.4) is 0 Å². The van der Waals surface area contributed by atoms with Gasteiger partial charge in [0.05, 0.1) is 0 Å². The summed E-state index contributed by atoms with van der Waals surface area (Å²) in [7, 11) is 0. The second-order valence-electron chi connectivity index (χ2n) is 8.34. The van der Waals surface area contributed by atoms with Crippen LogP contribution in [0.15, 0.2) is 24.3 Å². The minimum atomic E-state index is -0.834. The molecule has 6 nitrogen and oxygen atoms in total. The Kier molecular flexibility index (Phi) is 6.24. The molecule has 29 heavy (non-hydrogen) atoms. The highest BCUT2D eigenvalue weighted by Gasteiger charge is 2.57. The zero-order valence-corrected chi connectivity index (χ0v) is 17.5. The highest BCUT2D eigenvalue weighted by Crippen LogP contribution is 2.38. The Hall–Kier alpha value is -2.44. The predicted molar refractivity (Wildman–Crippen MR) is 108 cm³/mol. The van der Waals surface area contributed by atoms with Gasteiger partial charge in [0, 0.05) is 32.6 Å². The third-order valence-corrected chi connectivity index (χ3v) is 6.00. The average molecular weight is 403 g/mol. The molecule has 0 saturated carbocycles. The van der Waals surface area contributed by atoms with Crippen molar-refractivity contribution in [2.45, 2.75) is 52.0 Å². The van der Waals surface area contributed by atoms with E-state index in [1.165, 1.54) is 11.0 Å². The second kappa shape index (κ2) is 8.51. The van der Waals surface area contributed by atoms with Crippen LogP contribution in [-0.2, 0) is 16.0 Å². The molecule has 2 saturated heterocycles. The summed E-state index contributed by atoms with van der Waals surface area (Å²) in [6.45, 7) is 7.62. The van der Waals surface area contributed by atoms with Gasteiger partial charge in [-0.25, -0.2) is 9.18 Å². The van der Waals surface area contributed by atoms with E-state index in [0.29, 0.717) is 51.0 Å². The van der Waals surface area contributed by atoms with E-state index >= 15 is 0 Å². The maximum Gasteiger partial charge on any atom is 0.327 e. The first-order chi connectivity index (χ1) is 13.8. The van der Waals surface area contributed by atoms with E-state index in [0.717, 1.165) is 0 Å². The summed E-state index contributed by atoms with van der Waals surface area (Å²) in [6, 6.07) is 6.27. The van der Waals surface area contributed by atoms with Gasteiger partial charge in [-0.3, -0.25) is 14.5 Å². The van der Waals surface area contributed by atoms with Crippen LogP contribution in [0, 0.1) is 11.7 Å². The Balaban J connectivity index is 1.66. The van der Waals surface area contributed by atoms with Gasteiger partial charge in [0.25, 0.3) is 5.91 Å². The van der Waals surface area contributed by atoms with Crippen molar-refractivity contribution in [2.24, 2.45) is 5.92 Å². The molecule has 0 atom stereocenters. The van der Waals surface area contributed by atoms with Crippen LogP contribution in [0.2, 0.25) is 0 Å². The standard InChI is InChI=1S/C22H30FN3O3/c1-4-25-20(28)22(26(21(25)29)15-16(2)3)11-13-24(14-12-22)19(27)10-9-17-7-5-6-8-18(17)23/h5-8,16H,4,9-15H2,1-3H3. The summed E-state index contributed by atoms with van der Waals surface area (Å²) in [5.74, 6) is -0.218. The van der Waals surface area contributed by atoms with Crippen molar-refractivity contribution in [3.8, 4) is 0 Å². The topological polar surface area (TPSA) is 60.9 Å². The molecule has 2 aliphatic rings. The molecular weight excluding hydrogens is 373 g/mol. The minimum absolute atomic E-state index is 0.0392. The lowest BCUT2D eigenvalue weighted by Gasteiger charge is -2.42. The lowest BCUT2D eigenvalue weighted by Crippen LogP contribution is -2.58. The second-order valence-corrected chi connectivity index (χ2v) is 8.34. The number of aryl methyl sites for hydroxylation is 1. The number of nitrogens with zero attached hydrogens (tertiary/aromatic N) is 3. The van der Waals surface area contributed by atoms with Crippen LogP contribution in [0.4, 0.5) is 9.18 Å². The van der Waals surface area contributed by atoms with E-state index in [1.54, 1.807) is 28.0 Å². The molecule has 2 fully saturated rings. The Bertz CT molecular complexity index is 787. The van der Waals surface area contributed by atoms with E-state index in [9.17, 15) is 18.8 Å². The van der Waals surface area contributed by atoms with E-state index < -0.39 is 5.54 Å². The number of piperidine rings is 1. The van der Waals surface area contributed by atoms with Crippen LogP contribution >= 0.6 is 0 Å². The zero-order chi connectivity index (χ0) is 21.2. The first kappa shape index (κ1) is 21.3. The Morgan fingerprint density at radius 1 is 1.17 bits per heavy atom. The predicted octanol–water partition coefficient (Wildman–Crippen LogP) is 3.06. The average Bonchev–Trinajstić information content (AvgIpc) is 2.88. The monoisotopic (exact) mass is 403 g/mol. The fourth-order valence-corrected chi connectivity index (χ4v) is 4.39. The summed E-state index contributed by atoms with van der Waals surface area (Å²) < 4.78 is 13.8. The quantitative estimate of drug-likeness (QED) is 0.686. The van der Waals surface area contributed by atoms with Crippen LogP contribution in [0.25, 0.3) is 0 Å². The van der Waals surface area contributed by atoms with Gasteiger partial charge in [-0.05, 0) is 43.7 Å². The third kappa shape index (κ3) is 4.00. The van der Waals surface area contributed by atoms with Crippen LogP contribution in [0.1, 0.15) is 45.6 Å². The Morgan fingerprint density at radius 2 is 1.83 bits per heavy atom. The van der Waals surface area contributed by atoms with Crippen molar-refractivity contribution in [1.82, 2.24) is 14.7 Å². The third-order valence-electron chi connectivity index (χ3n) is 6.00. The van der Waals surface area contributed by atoms with Gasteiger partial charge < -0.3 is 9.80 Å². The number of halogens is 1. The van der Waals surface area contributed by atoms with Crippen molar-refractivity contribution >= 4 is 17.8 Å². The molecule has 1 aromatic rings. The zero-order valence-electron chi connectivity index (χ0n) is 17.5. The van der Waals surface area contributed by atoms with Gasteiger partial charge in [0.1, 0.15) is 11.4 Å². The lowest BCUT2D eigenvalue weighted by atomic mass is 9.85. The Labute approximate surface area is 171 Å². The summed E-state index contributed by atoms with van der Waals surface area (Å²) in [6.07, 6.45) is 1.49. The molecule has 158 valence electrons. The molecule has 3 rings (SSSR count). The number of hydrogen-bond acceptors (Lipinski definition) is 3. The number of hydrogen-bond donors (Lipinski definition) is 0. The number of urea groups is 1. The first-order valence-corrected chi connectivity index (χ1v) is 10.4. The number of amides is 4. The number of benzene rings is 1. The molecule has 2 heterocycles. The smallest absolute Gasteiger partial charge is 0.327 e. The Morgan fingerprint density at radius 3 is 2.41 bits per heavy atom. The van der Waals surface area contributed by atoms with Crippen molar-refractivity contribution < 1.29 is 18.8 Å². The van der Waals surface area contributed by atoms with Crippen molar-refractivity contribution in [3.05, 3.63) is 35.6 Å². The number of carbonyl (C=O) groups excluding carboxylic acids is 3. The van der Waals surface area contributed by atoms with Crippen molar-refractivity contribution in [2.75, 3.05) is 26.2 Å². The van der Waals surface area contributed by atoms with Gasteiger partial charge in [-0.2, -0.15) is 0 Å². The lowest BCUT2D eigenvalue weighted by molar-refractivity contribution is -0.141. The SMILES string of the molecule is CCN1C(=O)N(CC(C)C)C2(CCN(C(=O)CCc3ccccc3F)CC2)C1=O. The number of rotatable bonds is 6. The summed E-state index contributed by atoms with van der Waals surface area (Å²) in [5.41, 5.74) is -0.299. The van der Waals surface area contributed by atoms with Gasteiger partial charge in [0.2, 0.25) is 5.91 Å². The van der Waals surface area contributed by atoms with Gasteiger partial charge in [0.15, 0.2) is 0 Å². The number of likely N-dealkylation sites (N-methyl/N-ethyl adjacent to an activating group) is 1. The molecule has 0 radical (unpaired) electrons. The fourth-order valence-electron chi connectivity index (χ4n) is 4.39. The molecule has 0 aromatic heterocycles. The molecule has 0 bridgehead atoms. The molecule has 1 spiro atoms. The molecule has 0 unspecified atom stereocenters. The van der Waals surface area contributed by atoms with E-state index in [-0.39, 0.29) is 36.0 Å². The molecule has 0 aliphatic carbocycles. The van der Waals surface area contributed by atoms with E-state index in [1.807, 2.05) is 20.8 Å². The van der Waals surface area contributed by atoms with E-state index in [4.69, 9.17) is 0 Å². The molecule has 7 heteroatoms. The molecule has 0 N–H and O–H groups in total. The number of carbonyl (C=O) groups is 3. The minimum Gasteiger partial charge on any atom is -0.342 e. The van der Waals surface area contributed by atoms with Gasteiger partial charge in [-0.15, -0.1) is 0 Å². The summed E-state index contributed by atoms with van der Waals surface area (Å²) in [5, 5.41) is 0. The number of likely N-dealkylation sites (tertiary alicyclic amines) is 1. The maximum atomic E-state index is 13.8. The van der Waals surface area contributed by atoms with Crippen LogP contribution in [0.5, 0.6) is 0 Å². The molecular formula is C22H30FN3O3. The molecule has 2 aliphatic heterocycles. The van der Waals surface area contributed by atoms with Gasteiger partial charge >= 0.3 is 6.03 Å². The summed E-state index contributed by atoms with van der Waals surface area (Å²) in [4.78, 5) is 43.3. The highest BCUT2D eigenvalue weighted by molar-refractivity contribution is 6.07. The summed E-state index contributed by atoms with van der Waals surface area (Å²) >= 11 is 0. The largest absolute Gasteiger partial charge is 0.342 e. The van der Waals surface area contributed by atoms with Gasteiger partial charge in [-0.1, -0.05) is 32.0 Å².